The number of ether oxygens (including phenoxy) is 4. The largest absolute Gasteiger partial charge is 0.502 e. The van der Waals surface area contributed by atoms with Crippen molar-refractivity contribution in [3.63, 3.8) is 0 Å². The van der Waals surface area contributed by atoms with E-state index in [1.54, 1.807) is 0 Å². The zero-order valence-corrected chi connectivity index (χ0v) is 16.5. The fourth-order valence-corrected chi connectivity index (χ4v) is 4.81. The molecule has 168 valence electrons. The van der Waals surface area contributed by atoms with Gasteiger partial charge in [0.2, 0.25) is 5.79 Å². The number of nitro groups is 2. The van der Waals surface area contributed by atoms with E-state index < -0.39 is 50.4 Å². The van der Waals surface area contributed by atoms with Gasteiger partial charge in [0.25, 0.3) is 0 Å². The summed E-state index contributed by atoms with van der Waals surface area (Å²) in [4.78, 5) is 20.5. The first-order valence-corrected chi connectivity index (χ1v) is 9.82. The monoisotopic (exact) mass is 446 g/mol. The highest BCUT2D eigenvalue weighted by Crippen LogP contribution is 2.54. The molecule has 4 atom stereocenters. The van der Waals surface area contributed by atoms with E-state index in [-0.39, 0.29) is 24.0 Å². The van der Waals surface area contributed by atoms with Crippen LogP contribution in [0, 0.1) is 20.2 Å². The van der Waals surface area contributed by atoms with Crippen molar-refractivity contribution in [2.45, 2.75) is 49.5 Å². The number of hydrogen-bond acceptors (Lipinski definition) is 10. The first-order chi connectivity index (χ1) is 15.2. The van der Waals surface area contributed by atoms with E-state index in [1.165, 1.54) is 24.3 Å². The molecule has 4 bridgehead atoms. The van der Waals surface area contributed by atoms with Gasteiger partial charge in [-0.15, -0.1) is 0 Å². The van der Waals surface area contributed by atoms with Crippen molar-refractivity contribution in [3.05, 3.63) is 56.6 Å². The predicted octanol–water partition coefficient (Wildman–Crippen LogP) is 3.14. The van der Waals surface area contributed by atoms with Crippen molar-refractivity contribution in [2.75, 3.05) is 0 Å². The summed E-state index contributed by atoms with van der Waals surface area (Å²) < 4.78 is 24.1. The van der Waals surface area contributed by atoms with E-state index in [2.05, 4.69) is 0 Å². The number of nitrogens with zero attached hydrogens (tertiary/aromatic N) is 2. The van der Waals surface area contributed by atoms with Gasteiger partial charge in [-0.1, -0.05) is 0 Å². The Hall–Kier alpha value is -3.64. The van der Waals surface area contributed by atoms with Crippen LogP contribution < -0.4 is 9.47 Å². The Kier molecular flexibility index (Phi) is 4.39. The highest BCUT2D eigenvalue weighted by molar-refractivity contribution is 5.50. The van der Waals surface area contributed by atoms with Gasteiger partial charge in [0.1, 0.15) is 17.1 Å². The molecule has 1 saturated carbocycles. The second kappa shape index (κ2) is 6.93. The lowest BCUT2D eigenvalue weighted by Crippen LogP contribution is -2.68. The van der Waals surface area contributed by atoms with Crippen molar-refractivity contribution < 1.29 is 39.0 Å². The van der Waals surface area contributed by atoms with Gasteiger partial charge in [0.05, 0.1) is 22.4 Å². The topological polar surface area (TPSA) is 164 Å². The minimum absolute atomic E-state index is 0.193. The molecule has 3 saturated heterocycles. The summed E-state index contributed by atoms with van der Waals surface area (Å²) in [5.74, 6) is -1.72. The normalized spacial score (nSPS) is 30.1. The van der Waals surface area contributed by atoms with E-state index >= 15 is 0 Å². The van der Waals surface area contributed by atoms with Gasteiger partial charge in [-0.25, -0.2) is 0 Å². The molecule has 6 rings (SSSR count). The lowest BCUT2D eigenvalue weighted by atomic mass is 9.72. The lowest BCUT2D eigenvalue weighted by molar-refractivity contribution is -0.411. The number of hydrogen-bond donors (Lipinski definition) is 2. The molecule has 0 spiro atoms. The fourth-order valence-electron chi connectivity index (χ4n) is 4.81. The molecule has 12 nitrogen and oxygen atoms in total. The van der Waals surface area contributed by atoms with E-state index in [9.17, 15) is 30.4 Å². The summed E-state index contributed by atoms with van der Waals surface area (Å²) in [5, 5.41) is 41.7. The Labute approximate surface area is 180 Å². The number of rotatable bonds is 6. The molecule has 12 heteroatoms. The van der Waals surface area contributed by atoms with Crippen molar-refractivity contribution in [1.82, 2.24) is 0 Å². The SMILES string of the molecule is O=[N+]([O-])c1ccc(O[C@@]23C[C@H]4C[C@@](Oc5ccc([N+](=O)[O-])c(O)c5)(C2)O[C@H](C3)O4)cc1O. The third-order valence-electron chi connectivity index (χ3n) is 5.88. The van der Waals surface area contributed by atoms with Gasteiger partial charge < -0.3 is 29.2 Å². The van der Waals surface area contributed by atoms with Crippen molar-refractivity contribution in [2.24, 2.45) is 0 Å². The lowest BCUT2D eigenvalue weighted by Gasteiger charge is -2.59. The molecule has 2 aromatic carbocycles. The van der Waals surface area contributed by atoms with Crippen molar-refractivity contribution in [1.29, 1.82) is 0 Å². The number of phenols is 2. The summed E-state index contributed by atoms with van der Waals surface area (Å²) >= 11 is 0. The third kappa shape index (κ3) is 3.42. The van der Waals surface area contributed by atoms with E-state index in [1.807, 2.05) is 0 Å². The number of nitro benzene ring substituents is 2. The summed E-state index contributed by atoms with van der Waals surface area (Å²) in [5.41, 5.74) is -1.63. The minimum Gasteiger partial charge on any atom is -0.502 e. The smallest absolute Gasteiger partial charge is 0.310 e. The van der Waals surface area contributed by atoms with Crippen LogP contribution in [0.25, 0.3) is 0 Å². The Balaban J connectivity index is 1.41. The van der Waals surface area contributed by atoms with Crippen LogP contribution in [0.15, 0.2) is 36.4 Å². The van der Waals surface area contributed by atoms with Crippen LogP contribution in [-0.2, 0) is 9.47 Å². The molecule has 4 aliphatic rings. The first kappa shape index (κ1) is 20.3. The van der Waals surface area contributed by atoms with Crippen LogP contribution in [0.4, 0.5) is 11.4 Å². The molecule has 0 aromatic heterocycles. The van der Waals surface area contributed by atoms with Gasteiger partial charge in [0.15, 0.2) is 17.8 Å². The van der Waals surface area contributed by atoms with Crippen LogP contribution in [-0.4, -0.2) is 43.8 Å². The van der Waals surface area contributed by atoms with E-state index in [0.29, 0.717) is 19.3 Å². The second-order valence-electron chi connectivity index (χ2n) is 8.21. The second-order valence-corrected chi connectivity index (χ2v) is 8.21. The highest BCUT2D eigenvalue weighted by Gasteiger charge is 2.63. The summed E-state index contributed by atoms with van der Waals surface area (Å²) in [6.45, 7) is 0. The maximum Gasteiger partial charge on any atom is 0.310 e. The standard InChI is InChI=1S/C20H18N2O10/c23-16-5-11(1-3-14(16)21(25)26)30-19-7-13-8-20(10-19,32-18(9-19)29-13)31-12-2-4-15(22(27)28)17(24)6-12/h1-6,13,18,23-24H,7-10H2/t13-,18+,19+,20-/m0/s1. The first-order valence-electron chi connectivity index (χ1n) is 9.82. The molecule has 0 unspecified atom stereocenters. The van der Waals surface area contributed by atoms with Gasteiger partial charge >= 0.3 is 11.4 Å². The molecular formula is C20H18N2O10. The molecule has 2 N–H and O–H groups in total. The fraction of sp³-hybridized carbons (Fsp3) is 0.400. The Morgan fingerprint density at radius 3 is 2.03 bits per heavy atom. The molecule has 4 fully saturated rings. The molecule has 1 aliphatic carbocycles. The van der Waals surface area contributed by atoms with Gasteiger partial charge in [0, 0.05) is 43.5 Å². The van der Waals surface area contributed by atoms with Crippen LogP contribution >= 0.6 is 0 Å². The molecule has 32 heavy (non-hydrogen) atoms. The van der Waals surface area contributed by atoms with Crippen molar-refractivity contribution >= 4 is 11.4 Å². The third-order valence-corrected chi connectivity index (χ3v) is 5.88. The van der Waals surface area contributed by atoms with E-state index in [0.717, 1.165) is 12.1 Å². The average Bonchev–Trinajstić information content (AvgIpc) is 2.65. The summed E-state index contributed by atoms with van der Waals surface area (Å²) in [6.07, 6.45) is 0.729. The zero-order valence-electron chi connectivity index (χ0n) is 16.5. The van der Waals surface area contributed by atoms with Crippen molar-refractivity contribution in [3.8, 4) is 23.0 Å². The van der Waals surface area contributed by atoms with Gasteiger partial charge in [-0.05, 0) is 12.1 Å². The van der Waals surface area contributed by atoms with E-state index in [4.69, 9.17) is 18.9 Å². The van der Waals surface area contributed by atoms with Gasteiger partial charge in [-0.3, -0.25) is 20.2 Å². The quantitative estimate of drug-likeness (QED) is 0.497. The highest BCUT2D eigenvalue weighted by atomic mass is 16.8. The van der Waals surface area contributed by atoms with Crippen LogP contribution in [0.2, 0.25) is 0 Å². The molecule has 2 aromatic rings. The molecule has 3 aliphatic heterocycles. The summed E-state index contributed by atoms with van der Waals surface area (Å²) in [6, 6.07) is 7.46. The number of aromatic hydroxyl groups is 2. The molecule has 0 amide bonds. The summed E-state index contributed by atoms with van der Waals surface area (Å²) in [7, 11) is 0. The van der Waals surface area contributed by atoms with Crippen LogP contribution in [0.5, 0.6) is 23.0 Å². The van der Waals surface area contributed by atoms with Gasteiger partial charge in [-0.2, -0.15) is 0 Å². The minimum atomic E-state index is -1.14. The Morgan fingerprint density at radius 1 is 0.906 bits per heavy atom. The Morgan fingerprint density at radius 2 is 1.50 bits per heavy atom. The number of phenolic OH excluding ortho intramolecular Hbond substituents is 2. The Bertz CT molecular complexity index is 1020. The molecule has 0 radical (unpaired) electrons. The predicted molar refractivity (Wildman–Crippen MR) is 104 cm³/mol. The average molecular weight is 446 g/mol. The zero-order chi connectivity index (χ0) is 22.7. The molecular weight excluding hydrogens is 428 g/mol. The molecule has 3 heterocycles. The number of benzene rings is 2. The van der Waals surface area contributed by atoms with Crippen LogP contribution in [0.3, 0.4) is 0 Å². The van der Waals surface area contributed by atoms with Crippen LogP contribution in [0.1, 0.15) is 25.7 Å². The maximum atomic E-state index is 10.9. The maximum absolute atomic E-state index is 10.9.